The standard InChI is InChI=1S/C44H56N2O6S/c45-44(48)41-31-38(25-26-43(41)52-34-37-19-7-4-8-20-37)42(47)33-46(32-36-17-5-3-6-18-36)27-12-1-2-13-28-51-29-14-11-16-35-21-15-24-40(30-35)53(49,50)39-22-9-10-23-39/h3-8,15,17-21,24-26,30-31,39,42,47H,1-2,9-14,16,22-23,27-29,32-34H2,(H2,45,48)/t42-/m0/s1. The summed E-state index contributed by atoms with van der Waals surface area (Å²) in [6.07, 6.45) is 9.66. The third kappa shape index (κ3) is 12.8. The van der Waals surface area contributed by atoms with Crippen LogP contribution in [0.4, 0.5) is 0 Å². The topological polar surface area (TPSA) is 119 Å². The number of nitrogens with two attached hydrogens (primary N) is 1. The number of aliphatic hydroxyl groups is 1. The molecule has 0 aromatic heterocycles. The zero-order valence-electron chi connectivity index (χ0n) is 30.9. The maximum absolute atomic E-state index is 13.0. The number of carbonyl (C=O) groups excluding carboxylic acids is 1. The molecule has 0 saturated heterocycles. The van der Waals surface area contributed by atoms with Gasteiger partial charge in [-0.25, -0.2) is 8.42 Å². The molecule has 0 heterocycles. The smallest absolute Gasteiger partial charge is 0.252 e. The van der Waals surface area contributed by atoms with Crippen molar-refractivity contribution >= 4 is 15.7 Å². The molecule has 1 aliphatic rings. The van der Waals surface area contributed by atoms with Gasteiger partial charge in [0.15, 0.2) is 9.84 Å². The van der Waals surface area contributed by atoms with Gasteiger partial charge in [-0.1, -0.05) is 105 Å². The number of aryl methyl sites for hydroxylation is 1. The van der Waals surface area contributed by atoms with Gasteiger partial charge in [-0.05, 0) is 98.0 Å². The van der Waals surface area contributed by atoms with E-state index in [9.17, 15) is 18.3 Å². The fraction of sp³-hybridized carbons (Fsp3) is 0.432. The fourth-order valence-electron chi connectivity index (χ4n) is 7.03. The Kier molecular flexibility index (Phi) is 15.9. The van der Waals surface area contributed by atoms with E-state index < -0.39 is 21.8 Å². The van der Waals surface area contributed by atoms with Gasteiger partial charge in [0.25, 0.3) is 5.91 Å². The lowest BCUT2D eigenvalue weighted by Crippen LogP contribution is -2.29. The van der Waals surface area contributed by atoms with Gasteiger partial charge in [0.2, 0.25) is 0 Å². The number of ether oxygens (including phenoxy) is 2. The van der Waals surface area contributed by atoms with Gasteiger partial charge in [-0.2, -0.15) is 0 Å². The Morgan fingerprint density at radius 1 is 0.774 bits per heavy atom. The predicted octanol–water partition coefficient (Wildman–Crippen LogP) is 8.22. The van der Waals surface area contributed by atoms with Crippen LogP contribution < -0.4 is 10.5 Å². The number of hydrogen-bond donors (Lipinski definition) is 2. The second kappa shape index (κ2) is 21.0. The van der Waals surface area contributed by atoms with Crippen LogP contribution in [0, 0.1) is 0 Å². The minimum Gasteiger partial charge on any atom is -0.488 e. The predicted molar refractivity (Wildman–Crippen MR) is 211 cm³/mol. The number of benzene rings is 4. The highest BCUT2D eigenvalue weighted by Gasteiger charge is 2.30. The molecule has 53 heavy (non-hydrogen) atoms. The summed E-state index contributed by atoms with van der Waals surface area (Å²) in [4.78, 5) is 15.1. The monoisotopic (exact) mass is 740 g/mol. The van der Waals surface area contributed by atoms with E-state index in [1.54, 1.807) is 24.3 Å². The largest absolute Gasteiger partial charge is 0.488 e. The number of hydrogen-bond acceptors (Lipinski definition) is 7. The first-order chi connectivity index (χ1) is 25.8. The van der Waals surface area contributed by atoms with Crippen LogP contribution in [0.3, 0.4) is 0 Å². The van der Waals surface area contributed by atoms with Crippen LogP contribution in [-0.4, -0.2) is 55.9 Å². The minimum atomic E-state index is -3.22. The lowest BCUT2D eigenvalue weighted by molar-refractivity contribution is 0.0992. The van der Waals surface area contributed by atoms with Crippen LogP contribution in [0.2, 0.25) is 0 Å². The third-order valence-electron chi connectivity index (χ3n) is 10.1. The molecule has 1 fully saturated rings. The van der Waals surface area contributed by atoms with Gasteiger partial charge in [0.1, 0.15) is 12.4 Å². The highest BCUT2D eigenvalue weighted by atomic mass is 32.2. The van der Waals surface area contributed by atoms with Gasteiger partial charge in [-0.3, -0.25) is 9.69 Å². The number of sulfone groups is 1. The zero-order chi connectivity index (χ0) is 37.3. The van der Waals surface area contributed by atoms with E-state index in [4.69, 9.17) is 15.2 Å². The van der Waals surface area contributed by atoms with E-state index in [-0.39, 0.29) is 10.8 Å². The van der Waals surface area contributed by atoms with Crippen molar-refractivity contribution in [2.24, 2.45) is 5.73 Å². The van der Waals surface area contributed by atoms with Gasteiger partial charge < -0.3 is 20.3 Å². The van der Waals surface area contributed by atoms with Crippen LogP contribution in [-0.2, 0) is 34.1 Å². The zero-order valence-corrected chi connectivity index (χ0v) is 31.7. The number of aliphatic hydroxyl groups excluding tert-OH is 1. The lowest BCUT2D eigenvalue weighted by Gasteiger charge is -2.26. The van der Waals surface area contributed by atoms with Crippen molar-refractivity contribution in [2.45, 2.75) is 100 Å². The average molecular weight is 741 g/mol. The van der Waals surface area contributed by atoms with Crippen molar-refractivity contribution in [2.75, 3.05) is 26.3 Å². The van der Waals surface area contributed by atoms with Crippen molar-refractivity contribution in [3.8, 4) is 5.75 Å². The Bertz CT molecular complexity index is 1800. The SMILES string of the molecule is NC(=O)c1cc([C@@H](O)CN(CCCCCCOCCCCc2cccc(S(=O)(=O)C3CCCC3)c2)Cc2ccccc2)ccc1OCc1ccccc1. The highest BCUT2D eigenvalue weighted by molar-refractivity contribution is 7.92. The van der Waals surface area contributed by atoms with Gasteiger partial charge >= 0.3 is 0 Å². The second-order valence-corrected chi connectivity index (χ2v) is 16.4. The second-order valence-electron chi connectivity index (χ2n) is 14.2. The van der Waals surface area contributed by atoms with E-state index in [2.05, 4.69) is 17.0 Å². The van der Waals surface area contributed by atoms with Crippen LogP contribution >= 0.6 is 0 Å². The maximum atomic E-state index is 13.0. The molecule has 0 aliphatic heterocycles. The van der Waals surface area contributed by atoms with Gasteiger partial charge in [0.05, 0.1) is 21.8 Å². The molecule has 5 rings (SSSR count). The van der Waals surface area contributed by atoms with E-state index in [1.165, 1.54) is 5.56 Å². The van der Waals surface area contributed by atoms with Crippen molar-refractivity contribution in [1.82, 2.24) is 4.90 Å². The Labute approximate surface area is 316 Å². The Morgan fingerprint density at radius 2 is 1.43 bits per heavy atom. The Hall–Kier alpha value is -4.02. The molecule has 284 valence electrons. The molecule has 1 atom stereocenters. The normalized spacial score (nSPS) is 14.1. The summed E-state index contributed by atoms with van der Waals surface area (Å²) in [5, 5.41) is 11.1. The number of unbranched alkanes of at least 4 members (excludes halogenated alkanes) is 4. The summed E-state index contributed by atoms with van der Waals surface area (Å²) in [5.41, 5.74) is 9.84. The summed E-state index contributed by atoms with van der Waals surface area (Å²) in [7, 11) is -3.22. The van der Waals surface area contributed by atoms with E-state index in [0.717, 1.165) is 94.9 Å². The van der Waals surface area contributed by atoms with Crippen molar-refractivity contribution < 1.29 is 27.8 Å². The van der Waals surface area contributed by atoms with Crippen LogP contribution in [0.15, 0.2) is 108 Å². The Balaban J connectivity index is 1.01. The molecule has 0 radical (unpaired) electrons. The maximum Gasteiger partial charge on any atom is 0.252 e. The Morgan fingerprint density at radius 3 is 2.15 bits per heavy atom. The molecule has 1 amide bonds. The molecule has 9 heteroatoms. The van der Waals surface area contributed by atoms with Crippen LogP contribution in [0.25, 0.3) is 0 Å². The van der Waals surface area contributed by atoms with Crippen molar-refractivity contribution in [3.63, 3.8) is 0 Å². The molecule has 8 nitrogen and oxygen atoms in total. The third-order valence-corrected chi connectivity index (χ3v) is 12.3. The highest BCUT2D eigenvalue weighted by Crippen LogP contribution is 2.30. The first kappa shape index (κ1) is 40.2. The van der Waals surface area contributed by atoms with Crippen molar-refractivity contribution in [1.29, 1.82) is 0 Å². The summed E-state index contributed by atoms with van der Waals surface area (Å²) in [5.74, 6) is -0.195. The van der Waals surface area contributed by atoms with Crippen LogP contribution in [0.1, 0.15) is 103 Å². The molecule has 4 aromatic rings. The fourth-order valence-corrected chi connectivity index (χ4v) is 8.96. The quantitative estimate of drug-likeness (QED) is 0.0736. The summed E-state index contributed by atoms with van der Waals surface area (Å²) < 4.78 is 37.8. The number of nitrogens with zero attached hydrogens (tertiary/aromatic N) is 1. The van der Waals surface area contributed by atoms with Crippen molar-refractivity contribution in [3.05, 3.63) is 131 Å². The lowest BCUT2D eigenvalue weighted by atomic mass is 10.0. The summed E-state index contributed by atoms with van der Waals surface area (Å²) >= 11 is 0. The van der Waals surface area contributed by atoms with Gasteiger partial charge in [0, 0.05) is 26.3 Å². The molecule has 0 spiro atoms. The van der Waals surface area contributed by atoms with Crippen LogP contribution in [0.5, 0.6) is 5.75 Å². The average Bonchev–Trinajstić information content (AvgIpc) is 3.73. The summed E-state index contributed by atoms with van der Waals surface area (Å²) in [6, 6.07) is 32.7. The first-order valence-electron chi connectivity index (χ1n) is 19.2. The molecular weight excluding hydrogens is 685 g/mol. The minimum absolute atomic E-state index is 0.215. The summed E-state index contributed by atoms with van der Waals surface area (Å²) in [6.45, 7) is 3.71. The number of primary amides is 1. The number of rotatable bonds is 23. The molecular formula is C44H56N2O6S. The first-order valence-corrected chi connectivity index (χ1v) is 20.8. The molecule has 4 aromatic carbocycles. The molecule has 0 unspecified atom stereocenters. The van der Waals surface area contributed by atoms with E-state index in [0.29, 0.717) is 42.5 Å². The number of carbonyl (C=O) groups is 1. The molecule has 1 saturated carbocycles. The van der Waals surface area contributed by atoms with E-state index in [1.807, 2.05) is 66.7 Å². The van der Waals surface area contributed by atoms with E-state index >= 15 is 0 Å². The number of amides is 1. The van der Waals surface area contributed by atoms with Gasteiger partial charge in [-0.15, -0.1) is 0 Å². The molecule has 1 aliphatic carbocycles. The molecule has 0 bridgehead atoms. The molecule has 3 N–H and O–H groups in total.